The zero-order valence-corrected chi connectivity index (χ0v) is 12.7. The third-order valence-electron chi connectivity index (χ3n) is 2.94. The molecule has 1 aromatic carbocycles. The Hall–Kier alpha value is -2.09. The molecule has 7 nitrogen and oxygen atoms in total. The molecule has 1 heterocycles. The predicted octanol–water partition coefficient (Wildman–Crippen LogP) is 1.23. The van der Waals surface area contributed by atoms with Crippen molar-refractivity contribution in [1.82, 2.24) is 5.32 Å². The Morgan fingerprint density at radius 2 is 2.24 bits per heavy atom. The fourth-order valence-corrected chi connectivity index (χ4v) is 2.23. The number of rotatable bonds is 4. The van der Waals surface area contributed by atoms with Gasteiger partial charge in [0.25, 0.3) is 11.8 Å². The molecule has 1 atom stereocenters. The van der Waals surface area contributed by atoms with E-state index in [1.165, 1.54) is 13.0 Å². The van der Waals surface area contributed by atoms with Crippen molar-refractivity contribution >= 4 is 39.4 Å². The molecule has 1 aliphatic rings. The van der Waals surface area contributed by atoms with E-state index in [1.807, 2.05) is 0 Å². The van der Waals surface area contributed by atoms with Crippen LogP contribution in [-0.4, -0.2) is 36.0 Å². The van der Waals surface area contributed by atoms with Crippen LogP contribution in [0.5, 0.6) is 5.75 Å². The molecule has 2 rings (SSSR count). The average molecular weight is 357 g/mol. The maximum Gasteiger partial charge on any atom is 0.308 e. The van der Waals surface area contributed by atoms with Gasteiger partial charge in [0.05, 0.1) is 17.2 Å². The van der Waals surface area contributed by atoms with Crippen LogP contribution in [0.15, 0.2) is 16.6 Å². The fraction of sp³-hybridized carbons (Fsp3) is 0.308. The third-order valence-corrected chi connectivity index (χ3v) is 3.59. The lowest BCUT2D eigenvalue weighted by molar-refractivity contribution is -0.140. The first-order valence-electron chi connectivity index (χ1n) is 6.15. The summed E-state index contributed by atoms with van der Waals surface area (Å²) >= 11 is 3.25. The van der Waals surface area contributed by atoms with Crippen LogP contribution in [0.4, 0.5) is 5.69 Å². The van der Waals surface area contributed by atoms with Crippen LogP contribution in [0.2, 0.25) is 0 Å². The number of carbonyl (C=O) groups is 3. The molecule has 0 aliphatic carbocycles. The largest absolute Gasteiger partial charge is 0.482 e. The molecule has 0 saturated carbocycles. The van der Waals surface area contributed by atoms with Gasteiger partial charge in [0.15, 0.2) is 6.61 Å². The fourth-order valence-electron chi connectivity index (χ4n) is 1.70. The Morgan fingerprint density at radius 1 is 1.52 bits per heavy atom. The lowest BCUT2D eigenvalue weighted by Gasteiger charge is -2.19. The number of carbonyl (C=O) groups excluding carboxylic acids is 2. The smallest absolute Gasteiger partial charge is 0.308 e. The van der Waals surface area contributed by atoms with Gasteiger partial charge in [-0.1, -0.05) is 6.92 Å². The van der Waals surface area contributed by atoms with Gasteiger partial charge in [0, 0.05) is 11.0 Å². The number of carboxylic acids is 1. The molecular formula is C13H13BrN2O5. The van der Waals surface area contributed by atoms with Crippen LogP contribution < -0.4 is 15.4 Å². The van der Waals surface area contributed by atoms with E-state index in [-0.39, 0.29) is 19.1 Å². The topological polar surface area (TPSA) is 105 Å². The van der Waals surface area contributed by atoms with Crippen LogP contribution in [0.1, 0.15) is 17.3 Å². The first kappa shape index (κ1) is 15.3. The number of benzene rings is 1. The van der Waals surface area contributed by atoms with Crippen molar-refractivity contribution in [3.05, 3.63) is 22.2 Å². The number of amides is 2. The summed E-state index contributed by atoms with van der Waals surface area (Å²) < 4.78 is 5.72. The minimum Gasteiger partial charge on any atom is -0.482 e. The maximum absolute atomic E-state index is 12.1. The molecule has 3 N–H and O–H groups in total. The van der Waals surface area contributed by atoms with E-state index in [2.05, 4.69) is 26.6 Å². The van der Waals surface area contributed by atoms with Crippen LogP contribution in [0.3, 0.4) is 0 Å². The molecule has 0 saturated heterocycles. The van der Waals surface area contributed by atoms with E-state index in [0.29, 0.717) is 21.5 Å². The third kappa shape index (κ3) is 3.52. The van der Waals surface area contributed by atoms with Crippen molar-refractivity contribution in [3.63, 3.8) is 0 Å². The normalized spacial score (nSPS) is 14.5. The molecule has 2 amide bonds. The molecular weight excluding hydrogens is 344 g/mol. The number of nitrogens with one attached hydrogen (secondary N) is 2. The Labute approximate surface area is 128 Å². The van der Waals surface area contributed by atoms with E-state index in [1.54, 1.807) is 6.07 Å². The van der Waals surface area contributed by atoms with Crippen molar-refractivity contribution < 1.29 is 24.2 Å². The minimum absolute atomic E-state index is 0.0231. The molecule has 1 aliphatic heterocycles. The highest BCUT2D eigenvalue weighted by Crippen LogP contribution is 2.33. The first-order chi connectivity index (χ1) is 9.88. The molecule has 0 bridgehead atoms. The standard InChI is InChI=1S/C13H13BrN2O5/c1-6(13(19)20)4-15-12(18)7-2-10-9(3-8(7)14)16-11(17)5-21-10/h2-3,6H,4-5H2,1H3,(H,15,18)(H,16,17)(H,19,20). The van der Waals surface area contributed by atoms with E-state index in [0.717, 1.165) is 0 Å². The van der Waals surface area contributed by atoms with Gasteiger partial charge in [-0.05, 0) is 28.1 Å². The average Bonchev–Trinajstić information content (AvgIpc) is 2.43. The number of carboxylic acid groups (broad SMARTS) is 1. The second-order valence-corrected chi connectivity index (χ2v) is 5.47. The van der Waals surface area contributed by atoms with Gasteiger partial charge in [-0.2, -0.15) is 0 Å². The van der Waals surface area contributed by atoms with Crippen LogP contribution in [0, 0.1) is 5.92 Å². The van der Waals surface area contributed by atoms with Crippen molar-refractivity contribution in [2.24, 2.45) is 5.92 Å². The Morgan fingerprint density at radius 3 is 2.90 bits per heavy atom. The number of hydrogen-bond donors (Lipinski definition) is 3. The van der Waals surface area contributed by atoms with E-state index < -0.39 is 17.8 Å². The second-order valence-electron chi connectivity index (χ2n) is 4.61. The Kier molecular flexibility index (Phi) is 4.46. The van der Waals surface area contributed by atoms with Crippen molar-refractivity contribution in [1.29, 1.82) is 0 Å². The van der Waals surface area contributed by atoms with Crippen LogP contribution >= 0.6 is 15.9 Å². The lowest BCUT2D eigenvalue weighted by atomic mass is 10.1. The first-order valence-corrected chi connectivity index (χ1v) is 6.95. The van der Waals surface area contributed by atoms with Gasteiger partial charge in [-0.3, -0.25) is 14.4 Å². The van der Waals surface area contributed by atoms with E-state index in [4.69, 9.17) is 9.84 Å². The molecule has 112 valence electrons. The number of ether oxygens (including phenoxy) is 1. The van der Waals surface area contributed by atoms with Crippen molar-refractivity contribution in [2.45, 2.75) is 6.92 Å². The minimum atomic E-state index is -0.981. The number of hydrogen-bond acceptors (Lipinski definition) is 4. The molecule has 1 aromatic rings. The zero-order valence-electron chi connectivity index (χ0n) is 11.1. The second kappa shape index (κ2) is 6.13. The number of fused-ring (bicyclic) bond motifs is 1. The number of halogens is 1. The number of aliphatic carboxylic acids is 1. The summed E-state index contributed by atoms with van der Waals surface area (Å²) in [7, 11) is 0. The molecule has 0 spiro atoms. The molecule has 1 unspecified atom stereocenters. The molecule has 0 aromatic heterocycles. The summed E-state index contributed by atoms with van der Waals surface area (Å²) in [5, 5.41) is 14.0. The highest BCUT2D eigenvalue weighted by Gasteiger charge is 2.21. The quantitative estimate of drug-likeness (QED) is 0.752. The Balaban J connectivity index is 2.15. The monoisotopic (exact) mass is 356 g/mol. The molecule has 0 fully saturated rings. The van der Waals surface area contributed by atoms with Gasteiger partial charge in [0.2, 0.25) is 0 Å². The van der Waals surface area contributed by atoms with Gasteiger partial charge in [-0.25, -0.2) is 0 Å². The van der Waals surface area contributed by atoms with Crippen LogP contribution in [-0.2, 0) is 9.59 Å². The van der Waals surface area contributed by atoms with Crippen LogP contribution in [0.25, 0.3) is 0 Å². The predicted molar refractivity (Wildman–Crippen MR) is 77.4 cm³/mol. The summed E-state index contributed by atoms with van der Waals surface area (Å²) in [4.78, 5) is 34.0. The summed E-state index contributed by atoms with van der Waals surface area (Å²) in [6, 6.07) is 3.07. The highest BCUT2D eigenvalue weighted by molar-refractivity contribution is 9.10. The van der Waals surface area contributed by atoms with Gasteiger partial charge < -0.3 is 20.5 Å². The van der Waals surface area contributed by atoms with E-state index in [9.17, 15) is 14.4 Å². The highest BCUT2D eigenvalue weighted by atomic mass is 79.9. The SMILES string of the molecule is CC(CNC(=O)c1cc2c(cc1Br)NC(=O)CO2)C(=O)O. The Bertz CT molecular complexity index is 617. The summed E-state index contributed by atoms with van der Waals surface area (Å²) in [5.41, 5.74) is 0.788. The summed E-state index contributed by atoms with van der Waals surface area (Å²) in [5.74, 6) is -1.94. The zero-order chi connectivity index (χ0) is 15.6. The number of anilines is 1. The van der Waals surface area contributed by atoms with Crippen molar-refractivity contribution in [2.75, 3.05) is 18.5 Å². The molecule has 8 heteroatoms. The lowest BCUT2D eigenvalue weighted by Crippen LogP contribution is -2.32. The van der Waals surface area contributed by atoms with Gasteiger partial charge in [-0.15, -0.1) is 0 Å². The van der Waals surface area contributed by atoms with E-state index >= 15 is 0 Å². The van der Waals surface area contributed by atoms with Gasteiger partial charge in [0.1, 0.15) is 5.75 Å². The summed E-state index contributed by atoms with van der Waals surface area (Å²) in [6.07, 6.45) is 0. The summed E-state index contributed by atoms with van der Waals surface area (Å²) in [6.45, 7) is 1.42. The maximum atomic E-state index is 12.1. The van der Waals surface area contributed by atoms with Crippen molar-refractivity contribution in [3.8, 4) is 5.75 Å². The van der Waals surface area contributed by atoms with Gasteiger partial charge >= 0.3 is 5.97 Å². The molecule has 21 heavy (non-hydrogen) atoms. The molecule has 0 radical (unpaired) electrons.